The molecule has 0 aliphatic rings. The number of imidazole rings is 1. The van der Waals surface area contributed by atoms with Crippen LogP contribution >= 0.6 is 34.5 Å². The minimum absolute atomic E-state index is 0.453. The number of thiophene rings is 1. The number of hydrogen-bond acceptors (Lipinski definition) is 3. The first-order chi connectivity index (χ1) is 8.15. The minimum atomic E-state index is 0.453. The molecule has 0 radical (unpaired) electrons. The predicted molar refractivity (Wildman–Crippen MR) is 71.1 cm³/mol. The highest BCUT2D eigenvalue weighted by molar-refractivity contribution is 7.19. The van der Waals surface area contributed by atoms with Crippen LogP contribution in [-0.2, 0) is 0 Å². The third-order valence-corrected chi connectivity index (χ3v) is 3.92. The monoisotopic (exact) mass is 283 g/mol. The van der Waals surface area contributed by atoms with Gasteiger partial charge >= 0.3 is 0 Å². The van der Waals surface area contributed by atoms with Gasteiger partial charge in [-0.25, -0.2) is 9.50 Å². The van der Waals surface area contributed by atoms with Gasteiger partial charge in [0.05, 0.1) is 14.9 Å². The van der Waals surface area contributed by atoms with Crippen LogP contribution in [-0.4, -0.2) is 14.6 Å². The van der Waals surface area contributed by atoms with Gasteiger partial charge in [-0.05, 0) is 31.2 Å². The molecule has 17 heavy (non-hydrogen) atoms. The summed E-state index contributed by atoms with van der Waals surface area (Å²) >= 11 is 13.3. The van der Waals surface area contributed by atoms with Crippen LogP contribution in [0, 0.1) is 6.92 Å². The molecule has 0 saturated heterocycles. The van der Waals surface area contributed by atoms with E-state index in [1.807, 2.05) is 25.1 Å². The molecule has 0 unspecified atom stereocenters. The fraction of sp³-hybridized carbons (Fsp3) is 0.0909. The number of hydrogen-bond donors (Lipinski definition) is 0. The van der Waals surface area contributed by atoms with Crippen LogP contribution in [0.4, 0.5) is 0 Å². The molecule has 3 aromatic heterocycles. The van der Waals surface area contributed by atoms with E-state index in [0.29, 0.717) is 5.15 Å². The lowest BCUT2D eigenvalue weighted by molar-refractivity contribution is 0.901. The number of rotatable bonds is 1. The van der Waals surface area contributed by atoms with Crippen LogP contribution in [0.15, 0.2) is 24.3 Å². The number of aryl methyl sites for hydroxylation is 1. The van der Waals surface area contributed by atoms with Crippen molar-refractivity contribution in [3.8, 4) is 10.6 Å². The van der Waals surface area contributed by atoms with Crippen LogP contribution in [0.1, 0.15) is 5.69 Å². The zero-order chi connectivity index (χ0) is 12.0. The summed E-state index contributed by atoms with van der Waals surface area (Å²) in [6, 6.07) is 7.41. The molecular formula is C11H7Cl2N3S. The lowest BCUT2D eigenvalue weighted by Crippen LogP contribution is -1.93. The first kappa shape index (κ1) is 11.0. The summed E-state index contributed by atoms with van der Waals surface area (Å²) in [7, 11) is 0. The lowest BCUT2D eigenvalue weighted by atomic mass is 10.3. The quantitative estimate of drug-likeness (QED) is 0.674. The third-order valence-electron chi connectivity index (χ3n) is 2.48. The summed E-state index contributed by atoms with van der Waals surface area (Å²) in [4.78, 5) is 5.57. The van der Waals surface area contributed by atoms with Gasteiger partial charge in [0.25, 0.3) is 0 Å². The molecule has 0 aliphatic heterocycles. The molecule has 86 valence electrons. The number of fused-ring (bicyclic) bond motifs is 1. The number of aromatic nitrogens is 3. The zero-order valence-corrected chi connectivity index (χ0v) is 11.1. The second-order valence-electron chi connectivity index (χ2n) is 3.58. The molecule has 3 rings (SSSR count). The van der Waals surface area contributed by atoms with Crippen LogP contribution in [0.2, 0.25) is 9.49 Å². The molecule has 3 aromatic rings. The van der Waals surface area contributed by atoms with E-state index in [0.717, 1.165) is 26.2 Å². The van der Waals surface area contributed by atoms with Crippen molar-refractivity contribution >= 4 is 40.2 Å². The van der Waals surface area contributed by atoms with E-state index in [1.165, 1.54) is 11.3 Å². The van der Waals surface area contributed by atoms with Crippen molar-refractivity contribution < 1.29 is 0 Å². The van der Waals surface area contributed by atoms with E-state index >= 15 is 0 Å². The Hall–Kier alpha value is -1.10. The molecule has 0 saturated carbocycles. The fourth-order valence-corrected chi connectivity index (χ4v) is 2.92. The maximum absolute atomic E-state index is 5.93. The van der Waals surface area contributed by atoms with Crippen molar-refractivity contribution in [2.45, 2.75) is 6.92 Å². The molecular weight excluding hydrogens is 277 g/mol. The van der Waals surface area contributed by atoms with Crippen LogP contribution in [0.25, 0.3) is 16.2 Å². The molecule has 6 heteroatoms. The number of halogens is 2. The topological polar surface area (TPSA) is 30.2 Å². The summed E-state index contributed by atoms with van der Waals surface area (Å²) in [6.45, 7) is 1.96. The maximum atomic E-state index is 5.93. The van der Waals surface area contributed by atoms with Crippen molar-refractivity contribution in [3.63, 3.8) is 0 Å². The Labute approximate surface area is 112 Å². The first-order valence-corrected chi connectivity index (χ1v) is 6.50. The molecule has 0 amide bonds. The Morgan fingerprint density at radius 1 is 1.18 bits per heavy atom. The van der Waals surface area contributed by atoms with Crippen molar-refractivity contribution in [3.05, 3.63) is 39.4 Å². The highest BCUT2D eigenvalue weighted by atomic mass is 35.5. The van der Waals surface area contributed by atoms with E-state index in [1.54, 1.807) is 10.6 Å². The zero-order valence-electron chi connectivity index (χ0n) is 8.82. The van der Waals surface area contributed by atoms with Crippen LogP contribution in [0.5, 0.6) is 0 Å². The van der Waals surface area contributed by atoms with Crippen LogP contribution in [0.3, 0.4) is 0 Å². The molecule has 0 aliphatic carbocycles. The van der Waals surface area contributed by atoms with Crippen molar-refractivity contribution in [2.24, 2.45) is 0 Å². The predicted octanol–water partition coefficient (Wildman–Crippen LogP) is 4.07. The Balaban J connectivity index is 2.27. The summed E-state index contributed by atoms with van der Waals surface area (Å²) in [5, 5.41) is 4.67. The molecule has 0 aromatic carbocycles. The maximum Gasteiger partial charge on any atom is 0.154 e. The SMILES string of the molecule is Cc1c(-c2ccc(Cl)s2)nc2ccc(Cl)nn12. The fourth-order valence-electron chi connectivity index (χ4n) is 1.70. The Bertz CT molecular complexity index is 702. The van der Waals surface area contributed by atoms with Gasteiger partial charge in [-0.1, -0.05) is 23.2 Å². The van der Waals surface area contributed by atoms with E-state index in [4.69, 9.17) is 23.2 Å². The smallest absolute Gasteiger partial charge is 0.154 e. The Morgan fingerprint density at radius 2 is 2.00 bits per heavy atom. The summed E-state index contributed by atoms with van der Waals surface area (Å²) < 4.78 is 2.49. The molecule has 0 atom stereocenters. The van der Waals surface area contributed by atoms with Gasteiger partial charge in [0.15, 0.2) is 5.65 Å². The average Bonchev–Trinajstić information content (AvgIpc) is 2.84. The second kappa shape index (κ2) is 3.98. The normalized spacial score (nSPS) is 11.2. The lowest BCUT2D eigenvalue weighted by Gasteiger charge is -1.95. The highest BCUT2D eigenvalue weighted by Crippen LogP contribution is 2.32. The van der Waals surface area contributed by atoms with Gasteiger partial charge in [-0.3, -0.25) is 0 Å². The van der Waals surface area contributed by atoms with Crippen molar-refractivity contribution in [1.82, 2.24) is 14.6 Å². The molecule has 0 bridgehead atoms. The van der Waals surface area contributed by atoms with Crippen molar-refractivity contribution in [2.75, 3.05) is 0 Å². The summed E-state index contributed by atoms with van der Waals surface area (Å²) in [5.41, 5.74) is 2.64. The van der Waals surface area contributed by atoms with E-state index < -0.39 is 0 Å². The van der Waals surface area contributed by atoms with Gasteiger partial charge in [-0.15, -0.1) is 11.3 Å². The van der Waals surface area contributed by atoms with Gasteiger partial charge < -0.3 is 0 Å². The molecule has 3 nitrogen and oxygen atoms in total. The molecule has 0 N–H and O–H groups in total. The highest BCUT2D eigenvalue weighted by Gasteiger charge is 2.13. The minimum Gasteiger partial charge on any atom is -0.226 e. The van der Waals surface area contributed by atoms with E-state index in [9.17, 15) is 0 Å². The Kier molecular flexibility index (Phi) is 2.58. The average molecular weight is 284 g/mol. The molecule has 3 heterocycles. The van der Waals surface area contributed by atoms with Gasteiger partial charge in [0.2, 0.25) is 0 Å². The second-order valence-corrected chi connectivity index (χ2v) is 5.68. The summed E-state index contributed by atoms with van der Waals surface area (Å²) in [6.07, 6.45) is 0. The van der Waals surface area contributed by atoms with Gasteiger partial charge in [0.1, 0.15) is 10.8 Å². The van der Waals surface area contributed by atoms with Crippen LogP contribution < -0.4 is 0 Å². The number of nitrogens with zero attached hydrogens (tertiary/aromatic N) is 3. The standard InChI is InChI=1S/C11H7Cl2N3S/c1-6-11(7-2-4-9(13)17-7)14-10-5-3-8(12)15-16(6)10/h2-5H,1H3. The summed E-state index contributed by atoms with van der Waals surface area (Å²) in [5.74, 6) is 0. The Morgan fingerprint density at radius 3 is 2.71 bits per heavy atom. The van der Waals surface area contributed by atoms with Gasteiger partial charge in [0, 0.05) is 0 Å². The largest absolute Gasteiger partial charge is 0.226 e. The van der Waals surface area contributed by atoms with Gasteiger partial charge in [-0.2, -0.15) is 5.10 Å². The third kappa shape index (κ3) is 1.82. The van der Waals surface area contributed by atoms with Crippen molar-refractivity contribution in [1.29, 1.82) is 0 Å². The van der Waals surface area contributed by atoms with E-state index in [2.05, 4.69) is 10.1 Å². The first-order valence-electron chi connectivity index (χ1n) is 4.93. The van der Waals surface area contributed by atoms with E-state index in [-0.39, 0.29) is 0 Å². The molecule has 0 fully saturated rings. The molecule has 0 spiro atoms.